The molecule has 0 amide bonds. The van der Waals surface area contributed by atoms with Crippen molar-refractivity contribution in [3.63, 3.8) is 0 Å². The number of aromatic nitrogens is 1. The van der Waals surface area contributed by atoms with Crippen LogP contribution in [0.3, 0.4) is 0 Å². The molecule has 0 spiro atoms. The highest BCUT2D eigenvalue weighted by Gasteiger charge is 2.51. The molecule has 1 fully saturated rings. The van der Waals surface area contributed by atoms with Crippen LogP contribution in [0.1, 0.15) is 53.0 Å². The SMILES string of the molecule is CC(C)c1cn(C)c(=O)c2c(F)cc(B3OC(C)(C)C(C)(C)O3)cc12. The van der Waals surface area contributed by atoms with E-state index >= 15 is 0 Å². The van der Waals surface area contributed by atoms with Crippen molar-refractivity contribution in [3.05, 3.63) is 40.1 Å². The van der Waals surface area contributed by atoms with Gasteiger partial charge in [0.15, 0.2) is 0 Å². The molecule has 1 saturated heterocycles. The molecule has 6 heteroatoms. The van der Waals surface area contributed by atoms with Crippen LogP contribution in [0, 0.1) is 5.82 Å². The van der Waals surface area contributed by atoms with E-state index in [0.29, 0.717) is 10.8 Å². The normalized spacial score (nSPS) is 19.2. The highest BCUT2D eigenvalue weighted by molar-refractivity contribution is 6.62. The lowest BCUT2D eigenvalue weighted by atomic mass is 9.77. The molecule has 1 aliphatic heterocycles. The molecular weight excluding hydrogens is 320 g/mol. The Balaban J connectivity index is 2.22. The van der Waals surface area contributed by atoms with Gasteiger partial charge in [-0.05, 0) is 56.1 Å². The summed E-state index contributed by atoms with van der Waals surface area (Å²) in [6.07, 6.45) is 1.78. The Morgan fingerprint density at radius 2 is 1.68 bits per heavy atom. The van der Waals surface area contributed by atoms with Crippen LogP contribution in [-0.2, 0) is 16.4 Å². The first kappa shape index (κ1) is 18.1. The fourth-order valence-electron chi connectivity index (χ4n) is 3.16. The average Bonchev–Trinajstić information content (AvgIpc) is 2.70. The van der Waals surface area contributed by atoms with E-state index in [1.54, 1.807) is 13.2 Å². The van der Waals surface area contributed by atoms with Gasteiger partial charge in [-0.25, -0.2) is 4.39 Å². The average molecular weight is 345 g/mol. The molecule has 25 heavy (non-hydrogen) atoms. The van der Waals surface area contributed by atoms with Gasteiger partial charge in [0.2, 0.25) is 0 Å². The van der Waals surface area contributed by atoms with Crippen LogP contribution in [0.25, 0.3) is 10.8 Å². The van der Waals surface area contributed by atoms with Crippen molar-refractivity contribution in [1.82, 2.24) is 4.57 Å². The van der Waals surface area contributed by atoms with Gasteiger partial charge in [0.25, 0.3) is 5.56 Å². The highest BCUT2D eigenvalue weighted by atomic mass is 19.1. The van der Waals surface area contributed by atoms with Crippen molar-refractivity contribution in [1.29, 1.82) is 0 Å². The van der Waals surface area contributed by atoms with Gasteiger partial charge in [-0.1, -0.05) is 19.9 Å². The second-order valence-electron chi connectivity index (χ2n) is 8.17. The molecule has 1 aromatic carbocycles. The van der Waals surface area contributed by atoms with Crippen LogP contribution < -0.4 is 11.0 Å². The van der Waals surface area contributed by atoms with Gasteiger partial charge in [-0.2, -0.15) is 0 Å². The predicted molar refractivity (Wildman–Crippen MR) is 99.0 cm³/mol. The van der Waals surface area contributed by atoms with E-state index in [-0.39, 0.29) is 16.9 Å². The van der Waals surface area contributed by atoms with E-state index in [1.807, 2.05) is 47.6 Å². The third-order valence-corrected chi connectivity index (χ3v) is 5.44. The van der Waals surface area contributed by atoms with Gasteiger partial charge in [-0.15, -0.1) is 0 Å². The zero-order valence-electron chi connectivity index (χ0n) is 15.9. The monoisotopic (exact) mass is 345 g/mol. The summed E-state index contributed by atoms with van der Waals surface area (Å²) >= 11 is 0. The largest absolute Gasteiger partial charge is 0.494 e. The van der Waals surface area contributed by atoms with E-state index in [0.717, 1.165) is 5.56 Å². The third-order valence-electron chi connectivity index (χ3n) is 5.44. The zero-order valence-corrected chi connectivity index (χ0v) is 15.9. The van der Waals surface area contributed by atoms with Crippen molar-refractivity contribution < 1.29 is 13.7 Å². The first-order valence-electron chi connectivity index (χ1n) is 8.63. The number of hydrogen-bond donors (Lipinski definition) is 0. The fraction of sp³-hybridized carbons (Fsp3) is 0.526. The van der Waals surface area contributed by atoms with Gasteiger partial charge in [0.1, 0.15) is 5.82 Å². The van der Waals surface area contributed by atoms with Crippen molar-refractivity contribution in [2.75, 3.05) is 0 Å². The summed E-state index contributed by atoms with van der Waals surface area (Å²) in [4.78, 5) is 12.4. The zero-order chi connectivity index (χ0) is 18.7. The Bertz CT molecular complexity index is 886. The number of benzene rings is 1. The van der Waals surface area contributed by atoms with Crippen LogP contribution in [0.15, 0.2) is 23.1 Å². The van der Waals surface area contributed by atoms with Crippen LogP contribution in [0.4, 0.5) is 4.39 Å². The lowest BCUT2D eigenvalue weighted by Gasteiger charge is -2.32. The molecule has 1 aromatic heterocycles. The maximum absolute atomic E-state index is 14.8. The molecule has 0 N–H and O–H groups in total. The van der Waals surface area contributed by atoms with Crippen LogP contribution in [-0.4, -0.2) is 22.9 Å². The van der Waals surface area contributed by atoms with E-state index in [2.05, 4.69) is 0 Å². The molecule has 4 nitrogen and oxygen atoms in total. The molecule has 0 radical (unpaired) electrons. The lowest BCUT2D eigenvalue weighted by molar-refractivity contribution is 0.00578. The second-order valence-corrected chi connectivity index (χ2v) is 8.17. The lowest BCUT2D eigenvalue weighted by Crippen LogP contribution is -2.41. The number of fused-ring (bicyclic) bond motifs is 1. The van der Waals surface area contributed by atoms with Crippen LogP contribution in [0.2, 0.25) is 0 Å². The highest BCUT2D eigenvalue weighted by Crippen LogP contribution is 2.37. The molecule has 0 bridgehead atoms. The molecule has 0 unspecified atom stereocenters. The van der Waals surface area contributed by atoms with E-state index < -0.39 is 24.1 Å². The van der Waals surface area contributed by atoms with Crippen molar-refractivity contribution in [3.8, 4) is 0 Å². The second kappa shape index (κ2) is 5.68. The number of nitrogens with zero attached hydrogens (tertiary/aromatic N) is 1. The first-order valence-corrected chi connectivity index (χ1v) is 8.63. The molecule has 2 aromatic rings. The number of halogens is 1. The Kier molecular flexibility index (Phi) is 4.12. The summed E-state index contributed by atoms with van der Waals surface area (Å²) in [7, 11) is 0.989. The number of rotatable bonds is 2. The van der Waals surface area contributed by atoms with Gasteiger partial charge < -0.3 is 13.9 Å². The fourth-order valence-corrected chi connectivity index (χ4v) is 3.16. The minimum absolute atomic E-state index is 0.119. The summed E-state index contributed by atoms with van der Waals surface area (Å²) < 4.78 is 28.4. The summed E-state index contributed by atoms with van der Waals surface area (Å²) in [5, 5.41) is 0.747. The van der Waals surface area contributed by atoms with Gasteiger partial charge in [0.05, 0.1) is 16.6 Å². The molecule has 0 aliphatic carbocycles. The van der Waals surface area contributed by atoms with Crippen LogP contribution in [0.5, 0.6) is 0 Å². The summed E-state index contributed by atoms with van der Waals surface area (Å²) in [6, 6.07) is 3.19. The molecule has 0 saturated carbocycles. The first-order chi connectivity index (χ1) is 11.4. The number of hydrogen-bond acceptors (Lipinski definition) is 3. The molecule has 3 rings (SSSR count). The topological polar surface area (TPSA) is 40.5 Å². The summed E-state index contributed by atoms with van der Waals surface area (Å²) in [6.45, 7) is 11.9. The van der Waals surface area contributed by atoms with Crippen molar-refractivity contribution >= 4 is 23.4 Å². The van der Waals surface area contributed by atoms with Crippen molar-refractivity contribution in [2.24, 2.45) is 7.05 Å². The molecule has 0 atom stereocenters. The summed E-state index contributed by atoms with van der Waals surface area (Å²) in [5.41, 5.74) is 0.179. The minimum Gasteiger partial charge on any atom is -0.399 e. The maximum atomic E-state index is 14.8. The van der Waals surface area contributed by atoms with Gasteiger partial charge in [0, 0.05) is 13.2 Å². The Morgan fingerprint density at radius 1 is 1.12 bits per heavy atom. The number of pyridine rings is 1. The Hall–Kier alpha value is -1.66. The Morgan fingerprint density at radius 3 is 2.20 bits per heavy atom. The molecule has 134 valence electrons. The Labute approximate surface area is 148 Å². The molecule has 1 aliphatic rings. The predicted octanol–water partition coefficient (Wildman–Crippen LogP) is 3.10. The maximum Gasteiger partial charge on any atom is 0.494 e. The summed E-state index contributed by atoms with van der Waals surface area (Å²) in [5.74, 6) is -0.382. The van der Waals surface area contributed by atoms with E-state index in [9.17, 15) is 9.18 Å². The molecule has 2 heterocycles. The van der Waals surface area contributed by atoms with Crippen LogP contribution >= 0.6 is 0 Å². The van der Waals surface area contributed by atoms with Gasteiger partial charge in [-0.3, -0.25) is 4.79 Å². The van der Waals surface area contributed by atoms with Crippen molar-refractivity contribution in [2.45, 2.75) is 58.7 Å². The minimum atomic E-state index is -0.659. The third kappa shape index (κ3) is 2.81. The van der Waals surface area contributed by atoms with E-state index in [4.69, 9.17) is 9.31 Å². The number of aryl methyl sites for hydroxylation is 1. The van der Waals surface area contributed by atoms with Gasteiger partial charge >= 0.3 is 7.12 Å². The quantitative estimate of drug-likeness (QED) is 0.786. The standard InChI is InChI=1S/C19H25BFNO3/c1-11(2)14-10-22(7)17(23)16-13(14)8-12(9-15(16)21)20-24-18(3,4)19(5,6)25-20/h8-11H,1-7H3. The smallest absolute Gasteiger partial charge is 0.399 e. The molecular formula is C19H25BFNO3. The van der Waals surface area contributed by atoms with E-state index in [1.165, 1.54) is 10.6 Å².